The van der Waals surface area contributed by atoms with Crippen LogP contribution in [-0.2, 0) is 23.6 Å². The molecule has 0 radical (unpaired) electrons. The number of likely N-dealkylation sites (tertiary alicyclic amines) is 2. The molecule has 31 heavy (non-hydrogen) atoms. The molecule has 2 heterocycles. The third-order valence-electron chi connectivity index (χ3n) is 6.06. The van der Waals surface area contributed by atoms with E-state index in [1.807, 2.05) is 18.2 Å². The van der Waals surface area contributed by atoms with Crippen LogP contribution in [-0.4, -0.2) is 74.2 Å². The minimum absolute atomic E-state index is 0.188. The smallest absolute Gasteiger partial charge is 0.221 e. The van der Waals surface area contributed by atoms with E-state index in [1.165, 1.54) is 6.42 Å². The molecule has 2 atom stereocenters. The Labute approximate surface area is 195 Å². The van der Waals surface area contributed by atoms with Gasteiger partial charge in [-0.05, 0) is 93.2 Å². The zero-order valence-corrected chi connectivity index (χ0v) is 21.2. The van der Waals surface area contributed by atoms with Crippen LogP contribution in [0.15, 0.2) is 24.3 Å². The molecule has 0 saturated carbocycles. The second kappa shape index (κ2) is 11.5. The van der Waals surface area contributed by atoms with Crippen molar-refractivity contribution in [1.29, 1.82) is 0 Å². The molecule has 11 heteroatoms. The summed E-state index contributed by atoms with van der Waals surface area (Å²) in [5.74, 6) is -0.229. The first-order valence-corrected chi connectivity index (χ1v) is 16.6. The van der Waals surface area contributed by atoms with Crippen LogP contribution in [0.1, 0.15) is 50.0 Å². The summed E-state index contributed by atoms with van der Waals surface area (Å²) in [4.78, 5) is 45.2. The van der Waals surface area contributed by atoms with E-state index in [9.17, 15) is 19.6 Å². The van der Waals surface area contributed by atoms with Gasteiger partial charge in [-0.15, -0.1) is 0 Å². The fourth-order valence-electron chi connectivity index (χ4n) is 4.67. The van der Waals surface area contributed by atoms with Gasteiger partial charge in [0.05, 0.1) is 5.78 Å². The van der Waals surface area contributed by atoms with E-state index in [0.717, 1.165) is 63.8 Å². The van der Waals surface area contributed by atoms with Crippen LogP contribution in [0, 0.1) is 0 Å². The molecule has 0 bridgehead atoms. The maximum Gasteiger partial charge on any atom is 0.221 e. The molecule has 176 valence electrons. The number of nitrogens with zero attached hydrogens (tertiary/aromatic N) is 2. The van der Waals surface area contributed by atoms with Crippen LogP contribution in [0.3, 0.4) is 0 Å². The van der Waals surface area contributed by atoms with Crippen molar-refractivity contribution in [2.24, 2.45) is 0 Å². The summed E-state index contributed by atoms with van der Waals surface area (Å²) in [6.45, 7) is -2.73. The number of rotatable bonds is 9. The molecule has 2 saturated heterocycles. The maximum absolute atomic E-state index is 10.8. The first-order chi connectivity index (χ1) is 14.6. The average Bonchev–Trinajstić information content (AvgIpc) is 2.72. The molecule has 2 fully saturated rings. The highest BCUT2D eigenvalue weighted by molar-refractivity contribution is 8.09. The molecule has 7 nitrogen and oxygen atoms in total. The summed E-state index contributed by atoms with van der Waals surface area (Å²) < 4.78 is 5.54. The quantitative estimate of drug-likeness (QED) is 0.376. The average molecular weight is 509 g/mol. The van der Waals surface area contributed by atoms with E-state index < -0.39 is 18.8 Å². The number of hydrogen-bond acceptors (Lipinski definition) is 5. The zero-order valence-electron chi connectivity index (χ0n) is 17.8. The highest BCUT2D eigenvalue weighted by Gasteiger charge is 2.39. The topological polar surface area (TPSA) is 96.6 Å². The number of ether oxygens (including phenoxy) is 1. The Morgan fingerprint density at radius 2 is 1.52 bits per heavy atom. The van der Waals surface area contributed by atoms with Crippen molar-refractivity contribution in [2.75, 3.05) is 39.1 Å². The Bertz CT molecular complexity index is 807. The van der Waals surface area contributed by atoms with E-state index in [1.54, 1.807) is 6.07 Å². The third-order valence-corrected chi connectivity index (χ3v) is 8.86. The lowest BCUT2D eigenvalue weighted by Crippen LogP contribution is -2.46. The van der Waals surface area contributed by atoms with Crippen molar-refractivity contribution in [3.05, 3.63) is 29.8 Å². The van der Waals surface area contributed by atoms with Gasteiger partial charge in [-0.3, -0.25) is 4.90 Å². The van der Waals surface area contributed by atoms with Gasteiger partial charge in [-0.1, -0.05) is 25.0 Å². The SMILES string of the molecule is OP(O)(=S)COc1cccc(C(CN2CCCCC2)C(N2CCCCC2)P(O)(O)=S)c1. The first-order valence-electron chi connectivity index (χ1n) is 10.9. The Kier molecular flexibility index (Phi) is 9.51. The molecule has 0 aromatic heterocycles. The van der Waals surface area contributed by atoms with Crippen LogP contribution in [0.25, 0.3) is 0 Å². The Hall–Kier alpha value is 0.0800. The van der Waals surface area contributed by atoms with Gasteiger partial charge in [0.2, 0.25) is 13.0 Å². The molecule has 2 aliphatic heterocycles. The van der Waals surface area contributed by atoms with Crippen LogP contribution < -0.4 is 4.74 Å². The molecular weight excluding hydrogens is 474 g/mol. The molecule has 1 aromatic carbocycles. The lowest BCUT2D eigenvalue weighted by atomic mass is 9.95. The fourth-order valence-corrected chi connectivity index (χ4v) is 7.38. The van der Waals surface area contributed by atoms with E-state index in [0.29, 0.717) is 12.3 Å². The predicted octanol–water partition coefficient (Wildman–Crippen LogP) is 2.99. The molecule has 0 amide bonds. The van der Waals surface area contributed by atoms with Crippen LogP contribution >= 0.6 is 13.0 Å². The molecule has 1 aromatic rings. The van der Waals surface area contributed by atoms with Gasteiger partial charge < -0.3 is 29.2 Å². The van der Waals surface area contributed by atoms with E-state index in [-0.39, 0.29) is 12.3 Å². The zero-order chi connectivity index (χ0) is 22.5. The monoisotopic (exact) mass is 508 g/mol. The predicted molar refractivity (Wildman–Crippen MR) is 132 cm³/mol. The largest absolute Gasteiger partial charge is 0.484 e. The maximum atomic E-state index is 10.8. The minimum Gasteiger partial charge on any atom is -0.484 e. The van der Waals surface area contributed by atoms with Crippen molar-refractivity contribution in [3.63, 3.8) is 0 Å². The molecule has 3 rings (SSSR count). The van der Waals surface area contributed by atoms with Crippen LogP contribution in [0.2, 0.25) is 0 Å². The lowest BCUT2D eigenvalue weighted by molar-refractivity contribution is 0.144. The van der Waals surface area contributed by atoms with Gasteiger partial charge in [0.25, 0.3) is 0 Å². The van der Waals surface area contributed by atoms with Crippen LogP contribution in [0.5, 0.6) is 5.75 Å². The number of hydrogen-bond donors (Lipinski definition) is 4. The molecule has 4 N–H and O–H groups in total. The fraction of sp³-hybridized carbons (Fsp3) is 0.700. The van der Waals surface area contributed by atoms with Crippen molar-refractivity contribution in [3.8, 4) is 5.75 Å². The normalized spacial score (nSPS) is 21.5. The standard InChI is InChI=1S/C20H34N2O5P2S2/c23-28(24,30)16-27-18-9-7-8-17(14-18)19(15-21-10-3-1-4-11-21)20(29(25,26)31)22-12-5-2-6-13-22/h7-9,14,19-20H,1-6,10-13,15-16H2,(H2,23,24,30)(H2,25,26,31). The van der Waals surface area contributed by atoms with E-state index >= 15 is 0 Å². The summed E-state index contributed by atoms with van der Waals surface area (Å²) in [6, 6.07) is 7.41. The van der Waals surface area contributed by atoms with Gasteiger partial charge in [-0.25, -0.2) is 0 Å². The summed E-state index contributed by atoms with van der Waals surface area (Å²) >= 11 is 9.98. The Balaban J connectivity index is 1.92. The van der Waals surface area contributed by atoms with Gasteiger partial charge in [-0.2, -0.15) is 0 Å². The Morgan fingerprint density at radius 1 is 0.903 bits per heavy atom. The number of piperidine rings is 2. The van der Waals surface area contributed by atoms with Gasteiger partial charge in [0.15, 0.2) is 6.35 Å². The minimum atomic E-state index is -3.59. The lowest BCUT2D eigenvalue weighted by Gasteiger charge is -2.43. The summed E-state index contributed by atoms with van der Waals surface area (Å²) in [5.41, 5.74) is 0.917. The van der Waals surface area contributed by atoms with Gasteiger partial charge in [0.1, 0.15) is 5.75 Å². The van der Waals surface area contributed by atoms with E-state index in [2.05, 4.69) is 21.6 Å². The summed E-state index contributed by atoms with van der Waals surface area (Å²) in [6.07, 6.45) is 6.41. The second-order valence-corrected chi connectivity index (χ2v) is 15.2. The van der Waals surface area contributed by atoms with Gasteiger partial charge in [0, 0.05) is 12.5 Å². The van der Waals surface area contributed by atoms with E-state index in [4.69, 9.17) is 16.5 Å². The third kappa shape index (κ3) is 8.11. The highest BCUT2D eigenvalue weighted by atomic mass is 32.5. The summed E-state index contributed by atoms with van der Waals surface area (Å²) in [7, 11) is 0. The second-order valence-electron chi connectivity index (χ2n) is 8.58. The number of benzene rings is 1. The summed E-state index contributed by atoms with van der Waals surface area (Å²) in [5, 5.41) is 0. The van der Waals surface area contributed by atoms with Crippen molar-refractivity contribution >= 4 is 36.6 Å². The first kappa shape index (κ1) is 25.7. The van der Waals surface area contributed by atoms with Crippen LogP contribution in [0.4, 0.5) is 0 Å². The van der Waals surface area contributed by atoms with Crippen molar-refractivity contribution in [2.45, 2.75) is 50.2 Å². The molecule has 2 unspecified atom stereocenters. The molecule has 0 spiro atoms. The van der Waals surface area contributed by atoms with Crippen molar-refractivity contribution < 1.29 is 24.3 Å². The Morgan fingerprint density at radius 3 is 2.10 bits per heavy atom. The molecule has 2 aliphatic rings. The molecular formula is C20H34N2O5P2S2. The van der Waals surface area contributed by atoms with Gasteiger partial charge >= 0.3 is 0 Å². The molecule has 0 aliphatic carbocycles. The highest BCUT2D eigenvalue weighted by Crippen LogP contribution is 2.51. The van der Waals surface area contributed by atoms with Crippen molar-refractivity contribution in [1.82, 2.24) is 9.80 Å².